The Bertz CT molecular complexity index is 1040. The highest BCUT2D eigenvalue weighted by atomic mass is 32.1. The molecule has 140 valence electrons. The minimum absolute atomic E-state index is 0.0957. The molecule has 1 aliphatic heterocycles. The fourth-order valence-electron chi connectivity index (χ4n) is 3.42. The molecule has 0 saturated heterocycles. The Morgan fingerprint density at radius 1 is 1.19 bits per heavy atom. The van der Waals surface area contributed by atoms with Gasteiger partial charge in [-0.15, -0.1) is 11.3 Å². The number of ether oxygens (including phenoxy) is 2. The van der Waals surface area contributed by atoms with E-state index in [1.165, 1.54) is 11.3 Å². The van der Waals surface area contributed by atoms with Gasteiger partial charge < -0.3 is 20.1 Å². The van der Waals surface area contributed by atoms with Crippen molar-refractivity contribution in [1.82, 2.24) is 10.3 Å². The van der Waals surface area contributed by atoms with Crippen LogP contribution in [0.1, 0.15) is 39.6 Å². The Morgan fingerprint density at radius 2 is 2.00 bits per heavy atom. The number of nitrogens with zero attached hydrogens (tertiary/aromatic N) is 1. The molecule has 3 aromatic rings. The van der Waals surface area contributed by atoms with Crippen molar-refractivity contribution in [2.45, 2.75) is 26.9 Å². The molecule has 1 aromatic carbocycles. The van der Waals surface area contributed by atoms with Crippen LogP contribution in [0.25, 0.3) is 10.2 Å². The van der Waals surface area contributed by atoms with Gasteiger partial charge in [0, 0.05) is 11.1 Å². The number of aromatic nitrogens is 1. The fraction of sp³-hybridized carbons (Fsp3) is 0.300. The number of anilines is 1. The molecule has 27 heavy (non-hydrogen) atoms. The van der Waals surface area contributed by atoms with E-state index in [9.17, 15) is 4.79 Å². The van der Waals surface area contributed by atoms with Crippen molar-refractivity contribution in [3.05, 3.63) is 46.0 Å². The maximum Gasteiger partial charge on any atom is 0.265 e. The zero-order chi connectivity index (χ0) is 19.1. The maximum atomic E-state index is 12.7. The monoisotopic (exact) mass is 383 g/mol. The summed E-state index contributed by atoms with van der Waals surface area (Å²) >= 11 is 1.42. The first-order chi connectivity index (χ1) is 13.0. The molecule has 3 heterocycles. The lowest BCUT2D eigenvalue weighted by atomic mass is 10.1. The number of methoxy groups -OCH3 is 1. The van der Waals surface area contributed by atoms with Gasteiger partial charge in [-0.1, -0.05) is 6.07 Å². The number of benzene rings is 1. The molecule has 7 heteroatoms. The van der Waals surface area contributed by atoms with Gasteiger partial charge in [0.15, 0.2) is 11.5 Å². The molecule has 0 saturated carbocycles. The quantitative estimate of drug-likeness (QED) is 0.707. The van der Waals surface area contributed by atoms with Crippen LogP contribution in [0.3, 0.4) is 0 Å². The SMILES string of the molecule is CCOc1ccc([C@@H]2NC(=O)c3sc4nc(C)cc(C)c4c3N2)cc1OC. The third kappa shape index (κ3) is 2.98. The van der Waals surface area contributed by atoms with E-state index in [1.54, 1.807) is 7.11 Å². The van der Waals surface area contributed by atoms with Crippen LogP contribution in [-0.4, -0.2) is 24.6 Å². The average molecular weight is 383 g/mol. The third-order valence-electron chi connectivity index (χ3n) is 4.58. The predicted octanol–water partition coefficient (Wildman–Crippen LogP) is 4.17. The molecule has 0 bridgehead atoms. The number of hydrogen-bond acceptors (Lipinski definition) is 6. The molecule has 0 aliphatic carbocycles. The van der Waals surface area contributed by atoms with Crippen molar-refractivity contribution in [3.8, 4) is 11.5 Å². The lowest BCUT2D eigenvalue weighted by Gasteiger charge is -2.27. The Balaban J connectivity index is 1.76. The van der Waals surface area contributed by atoms with Crippen LogP contribution in [0.5, 0.6) is 11.5 Å². The van der Waals surface area contributed by atoms with E-state index in [0.717, 1.165) is 32.7 Å². The second kappa shape index (κ2) is 6.74. The average Bonchev–Trinajstić information content (AvgIpc) is 3.01. The number of amides is 1. The topological polar surface area (TPSA) is 72.5 Å². The molecule has 2 N–H and O–H groups in total. The van der Waals surface area contributed by atoms with Gasteiger partial charge in [-0.2, -0.15) is 0 Å². The van der Waals surface area contributed by atoms with E-state index in [1.807, 2.05) is 45.0 Å². The number of hydrogen-bond donors (Lipinski definition) is 2. The first kappa shape index (κ1) is 17.6. The largest absolute Gasteiger partial charge is 0.493 e. The van der Waals surface area contributed by atoms with Crippen molar-refractivity contribution < 1.29 is 14.3 Å². The van der Waals surface area contributed by atoms with Gasteiger partial charge in [-0.3, -0.25) is 4.79 Å². The van der Waals surface area contributed by atoms with Crippen molar-refractivity contribution >= 4 is 33.1 Å². The Kier molecular flexibility index (Phi) is 4.39. The van der Waals surface area contributed by atoms with Crippen LogP contribution >= 0.6 is 11.3 Å². The number of carbonyl (C=O) groups excluding carboxylic acids is 1. The molecule has 0 unspecified atom stereocenters. The van der Waals surface area contributed by atoms with Crippen LogP contribution in [0, 0.1) is 13.8 Å². The maximum absolute atomic E-state index is 12.7. The van der Waals surface area contributed by atoms with Crippen LogP contribution in [0.2, 0.25) is 0 Å². The second-order valence-corrected chi connectivity index (χ2v) is 7.46. The lowest BCUT2D eigenvalue weighted by Crippen LogP contribution is -2.37. The molecule has 0 radical (unpaired) electrons. The van der Waals surface area contributed by atoms with Gasteiger partial charge >= 0.3 is 0 Å². The standard InChI is InChI=1S/C20H21N3O3S/c1-5-26-13-7-6-12(9-14(13)25-4)18-22-16-15-10(2)8-11(3)21-20(15)27-17(16)19(24)23-18/h6-9,18,22H,5H2,1-4H3,(H,23,24)/t18-/m0/s1. The number of thiophene rings is 1. The zero-order valence-corrected chi connectivity index (χ0v) is 16.5. The minimum atomic E-state index is -0.354. The Morgan fingerprint density at radius 3 is 2.74 bits per heavy atom. The minimum Gasteiger partial charge on any atom is -0.493 e. The zero-order valence-electron chi connectivity index (χ0n) is 15.7. The summed E-state index contributed by atoms with van der Waals surface area (Å²) in [6.45, 7) is 6.50. The first-order valence-corrected chi connectivity index (χ1v) is 9.62. The Labute approximate surface area is 161 Å². The summed E-state index contributed by atoms with van der Waals surface area (Å²) in [7, 11) is 1.61. The van der Waals surface area contributed by atoms with Gasteiger partial charge in [0.2, 0.25) is 0 Å². The first-order valence-electron chi connectivity index (χ1n) is 8.80. The van der Waals surface area contributed by atoms with Crippen molar-refractivity contribution in [2.24, 2.45) is 0 Å². The summed E-state index contributed by atoms with van der Waals surface area (Å²) in [5, 5.41) is 7.51. The smallest absolute Gasteiger partial charge is 0.265 e. The van der Waals surface area contributed by atoms with E-state index in [4.69, 9.17) is 9.47 Å². The predicted molar refractivity (Wildman–Crippen MR) is 107 cm³/mol. The number of aryl methyl sites for hydroxylation is 2. The highest BCUT2D eigenvalue weighted by molar-refractivity contribution is 7.21. The number of rotatable bonds is 4. The number of pyridine rings is 1. The van der Waals surface area contributed by atoms with Gasteiger partial charge in [-0.05, 0) is 50.1 Å². The molecular weight excluding hydrogens is 362 g/mol. The molecule has 0 spiro atoms. The highest BCUT2D eigenvalue weighted by Gasteiger charge is 2.30. The summed E-state index contributed by atoms with van der Waals surface area (Å²) in [6.07, 6.45) is -0.354. The molecule has 1 aliphatic rings. The van der Waals surface area contributed by atoms with Crippen molar-refractivity contribution in [2.75, 3.05) is 19.0 Å². The van der Waals surface area contributed by atoms with Crippen molar-refractivity contribution in [3.63, 3.8) is 0 Å². The van der Waals surface area contributed by atoms with Gasteiger partial charge in [0.05, 0.1) is 19.4 Å². The van der Waals surface area contributed by atoms with E-state index >= 15 is 0 Å². The van der Waals surface area contributed by atoms with Gasteiger partial charge in [0.1, 0.15) is 15.9 Å². The third-order valence-corrected chi connectivity index (χ3v) is 5.66. The lowest BCUT2D eigenvalue weighted by molar-refractivity contribution is 0.0940. The van der Waals surface area contributed by atoms with Crippen LogP contribution in [-0.2, 0) is 0 Å². The highest BCUT2D eigenvalue weighted by Crippen LogP contribution is 2.41. The number of carbonyl (C=O) groups is 1. The van der Waals surface area contributed by atoms with Gasteiger partial charge in [-0.25, -0.2) is 4.98 Å². The van der Waals surface area contributed by atoms with Crippen LogP contribution in [0.15, 0.2) is 24.3 Å². The molecular formula is C20H21N3O3S. The molecule has 2 aromatic heterocycles. The molecule has 0 fully saturated rings. The number of nitrogens with one attached hydrogen (secondary N) is 2. The summed E-state index contributed by atoms with van der Waals surface area (Å²) in [5.74, 6) is 1.23. The Hall–Kier alpha value is -2.80. The van der Waals surface area contributed by atoms with E-state index < -0.39 is 0 Å². The summed E-state index contributed by atoms with van der Waals surface area (Å²) in [6, 6.07) is 7.72. The molecule has 6 nitrogen and oxygen atoms in total. The normalized spacial score (nSPS) is 15.9. The summed E-state index contributed by atoms with van der Waals surface area (Å²) < 4.78 is 11.0. The van der Waals surface area contributed by atoms with Crippen molar-refractivity contribution in [1.29, 1.82) is 0 Å². The number of fused-ring (bicyclic) bond motifs is 3. The van der Waals surface area contributed by atoms with E-state index in [2.05, 4.69) is 15.6 Å². The van der Waals surface area contributed by atoms with Crippen LogP contribution < -0.4 is 20.1 Å². The van der Waals surface area contributed by atoms with Crippen LogP contribution in [0.4, 0.5) is 5.69 Å². The summed E-state index contributed by atoms with van der Waals surface area (Å²) in [5.41, 5.74) is 3.81. The molecule has 1 amide bonds. The fourth-order valence-corrected chi connectivity index (χ4v) is 4.58. The van der Waals surface area contributed by atoms with Gasteiger partial charge in [0.25, 0.3) is 5.91 Å². The van der Waals surface area contributed by atoms with E-state index in [-0.39, 0.29) is 12.1 Å². The van der Waals surface area contributed by atoms with E-state index in [0.29, 0.717) is 23.0 Å². The summed E-state index contributed by atoms with van der Waals surface area (Å²) in [4.78, 5) is 18.9. The second-order valence-electron chi connectivity index (χ2n) is 6.46. The molecule has 4 rings (SSSR count). The molecule has 1 atom stereocenters.